The number of nitrogens with one attached hydrogen (secondary N) is 1. The molecule has 8 nitrogen and oxygen atoms in total. The van der Waals surface area contributed by atoms with E-state index in [0.29, 0.717) is 17.1 Å². The van der Waals surface area contributed by atoms with Crippen molar-refractivity contribution in [3.05, 3.63) is 119 Å². The second-order valence-electron chi connectivity index (χ2n) is 14.7. The first kappa shape index (κ1) is 38.8. The van der Waals surface area contributed by atoms with Crippen LogP contribution in [-0.4, -0.2) is 43.5 Å². The van der Waals surface area contributed by atoms with E-state index in [1.54, 1.807) is 24.3 Å². The van der Waals surface area contributed by atoms with Gasteiger partial charge in [-0.25, -0.2) is 9.97 Å². The number of alkyl halides is 3. The van der Waals surface area contributed by atoms with Crippen LogP contribution in [0.2, 0.25) is 0 Å². The fraction of sp³-hybridized carbons (Fsp3) is 0.395. The Kier molecular flexibility index (Phi) is 12.6. The number of carbonyl (C=O) groups is 2. The number of aliphatic hydroxyl groups excluding tert-OH is 1. The van der Waals surface area contributed by atoms with Gasteiger partial charge in [0, 0.05) is 35.8 Å². The molecule has 0 aliphatic heterocycles. The number of nitrogens with zero attached hydrogens (tertiary/aromatic N) is 3. The maximum atomic E-state index is 13.0. The number of allylic oxidation sites excluding steroid dienone is 2. The van der Waals surface area contributed by atoms with E-state index >= 15 is 0 Å². The molecule has 0 radical (unpaired) electrons. The lowest BCUT2D eigenvalue weighted by Crippen LogP contribution is -2.33. The zero-order valence-corrected chi connectivity index (χ0v) is 30.4. The van der Waals surface area contributed by atoms with Gasteiger partial charge in [-0.1, -0.05) is 86.9 Å². The van der Waals surface area contributed by atoms with Crippen molar-refractivity contribution in [3.8, 4) is 11.4 Å². The Morgan fingerprint density at radius 1 is 0.889 bits per heavy atom. The second-order valence-corrected chi connectivity index (χ2v) is 14.7. The number of rotatable bonds is 13. The minimum atomic E-state index is -4.51. The molecule has 0 saturated heterocycles. The SMILES string of the molecule is CCC1CCC(C2CC=C(c3cnc(-c4ccc(CN(CC(=O)O)C(O)c5ccc(NC(=O)Cc6cccc(C(F)(F)F)c6)cc5)cc4)nc3)CC2)CC1. The van der Waals surface area contributed by atoms with Crippen molar-refractivity contribution in [1.29, 1.82) is 0 Å². The highest BCUT2D eigenvalue weighted by Crippen LogP contribution is 2.42. The molecule has 3 aromatic carbocycles. The summed E-state index contributed by atoms with van der Waals surface area (Å²) in [6, 6.07) is 18.3. The number of halogens is 3. The number of aromatic nitrogens is 2. The Bertz CT molecular complexity index is 1910. The van der Waals surface area contributed by atoms with Crippen LogP contribution in [0.4, 0.5) is 18.9 Å². The molecule has 284 valence electrons. The van der Waals surface area contributed by atoms with Gasteiger partial charge >= 0.3 is 12.1 Å². The van der Waals surface area contributed by atoms with E-state index in [4.69, 9.17) is 0 Å². The first-order chi connectivity index (χ1) is 25.9. The highest BCUT2D eigenvalue weighted by atomic mass is 19.4. The van der Waals surface area contributed by atoms with Crippen LogP contribution in [0.15, 0.2) is 91.3 Å². The van der Waals surface area contributed by atoms with E-state index in [0.717, 1.165) is 59.4 Å². The lowest BCUT2D eigenvalue weighted by Gasteiger charge is -2.35. The van der Waals surface area contributed by atoms with Crippen LogP contribution in [0.25, 0.3) is 17.0 Å². The van der Waals surface area contributed by atoms with Gasteiger partial charge in [-0.05, 0) is 90.3 Å². The Morgan fingerprint density at radius 3 is 2.20 bits per heavy atom. The molecule has 2 aliphatic rings. The molecule has 1 aromatic heterocycles. The number of carbonyl (C=O) groups excluding carboxylic acids is 1. The van der Waals surface area contributed by atoms with E-state index in [-0.39, 0.29) is 18.5 Å². The molecule has 1 fully saturated rings. The minimum absolute atomic E-state index is 0.137. The summed E-state index contributed by atoms with van der Waals surface area (Å²) in [5, 5.41) is 23.4. The molecule has 0 bridgehead atoms. The van der Waals surface area contributed by atoms with E-state index in [1.165, 1.54) is 61.1 Å². The van der Waals surface area contributed by atoms with Crippen molar-refractivity contribution in [3.63, 3.8) is 0 Å². The maximum absolute atomic E-state index is 13.0. The van der Waals surface area contributed by atoms with E-state index < -0.39 is 36.4 Å². The maximum Gasteiger partial charge on any atom is 0.416 e. The lowest BCUT2D eigenvalue weighted by atomic mass is 9.71. The predicted octanol–water partition coefficient (Wildman–Crippen LogP) is 9.32. The van der Waals surface area contributed by atoms with Crippen LogP contribution >= 0.6 is 0 Å². The zero-order valence-electron chi connectivity index (χ0n) is 30.4. The van der Waals surface area contributed by atoms with E-state index in [1.807, 2.05) is 36.7 Å². The average Bonchev–Trinajstić information content (AvgIpc) is 3.18. The van der Waals surface area contributed by atoms with Gasteiger partial charge in [-0.15, -0.1) is 0 Å². The summed E-state index contributed by atoms with van der Waals surface area (Å²) in [4.78, 5) is 35.0. The number of amides is 1. The highest BCUT2D eigenvalue weighted by Gasteiger charge is 2.31. The van der Waals surface area contributed by atoms with Crippen molar-refractivity contribution in [1.82, 2.24) is 14.9 Å². The second kappa shape index (κ2) is 17.5. The highest BCUT2D eigenvalue weighted by molar-refractivity contribution is 5.92. The largest absolute Gasteiger partial charge is 0.480 e. The molecule has 1 heterocycles. The van der Waals surface area contributed by atoms with Crippen molar-refractivity contribution in [2.24, 2.45) is 17.8 Å². The number of benzene rings is 3. The van der Waals surface area contributed by atoms with Gasteiger partial charge in [0.2, 0.25) is 5.91 Å². The molecule has 2 aliphatic carbocycles. The van der Waals surface area contributed by atoms with Gasteiger partial charge in [-0.2, -0.15) is 13.2 Å². The first-order valence-electron chi connectivity index (χ1n) is 18.8. The molecule has 2 atom stereocenters. The molecule has 3 N–H and O–H groups in total. The van der Waals surface area contributed by atoms with Gasteiger partial charge in [0.15, 0.2) is 5.82 Å². The average molecular weight is 741 g/mol. The summed E-state index contributed by atoms with van der Waals surface area (Å²) in [5.74, 6) is 1.54. The molecule has 11 heteroatoms. The van der Waals surface area contributed by atoms with Gasteiger partial charge in [0.1, 0.15) is 6.23 Å². The van der Waals surface area contributed by atoms with Crippen molar-refractivity contribution in [2.75, 3.05) is 11.9 Å². The number of carboxylic acids is 1. The molecule has 54 heavy (non-hydrogen) atoms. The number of aliphatic hydroxyl groups is 1. The molecule has 1 amide bonds. The lowest BCUT2D eigenvalue weighted by molar-refractivity contribution is -0.142. The summed E-state index contributed by atoms with van der Waals surface area (Å²) in [5.41, 5.74) is 4.15. The van der Waals surface area contributed by atoms with E-state index in [9.17, 15) is 33.0 Å². The third-order valence-corrected chi connectivity index (χ3v) is 11.0. The van der Waals surface area contributed by atoms with Crippen LogP contribution in [0.1, 0.15) is 92.3 Å². The number of carboxylic acid groups (broad SMARTS) is 1. The zero-order chi connectivity index (χ0) is 38.2. The van der Waals surface area contributed by atoms with Crippen molar-refractivity contribution >= 4 is 23.1 Å². The third kappa shape index (κ3) is 10.2. The fourth-order valence-electron chi connectivity index (χ4n) is 7.85. The number of aliphatic carboxylic acids is 1. The van der Waals surface area contributed by atoms with Crippen LogP contribution in [0, 0.1) is 17.8 Å². The quantitative estimate of drug-likeness (QED) is 0.117. The molecule has 0 spiro atoms. The standard InChI is InChI=1S/C43H47F3N4O4/c1-2-28-6-10-31(11-7-28)32-14-16-33(17-15-32)36-24-47-41(48-25-36)34-12-8-29(9-13-34)26-50(27-40(52)53)42(54)35-18-20-38(21-19-35)49-39(51)23-30-4-3-5-37(22-30)43(44,45)46/h3-5,8-9,12-13,16,18-22,24-25,28,31-32,42,54H,2,6-7,10-11,14-15,17,23,26-27H2,1H3,(H,49,51)(H,52,53). The summed E-state index contributed by atoms with van der Waals surface area (Å²) in [6.45, 7) is 2.02. The Hall–Kier alpha value is -4.87. The number of hydrogen-bond acceptors (Lipinski definition) is 6. The van der Waals surface area contributed by atoms with Crippen molar-refractivity contribution < 1.29 is 33.0 Å². The van der Waals surface area contributed by atoms with Crippen LogP contribution in [-0.2, 0) is 28.7 Å². The van der Waals surface area contributed by atoms with Crippen molar-refractivity contribution in [2.45, 2.75) is 83.7 Å². The molecule has 1 saturated carbocycles. The minimum Gasteiger partial charge on any atom is -0.480 e. The summed E-state index contributed by atoms with van der Waals surface area (Å²) >= 11 is 0. The summed E-state index contributed by atoms with van der Waals surface area (Å²) < 4.78 is 39.1. The summed E-state index contributed by atoms with van der Waals surface area (Å²) in [7, 11) is 0. The normalized spacial score (nSPS) is 19.6. The Balaban J connectivity index is 1.03. The number of hydrogen-bond donors (Lipinski definition) is 3. The first-order valence-corrected chi connectivity index (χ1v) is 18.8. The fourth-order valence-corrected chi connectivity index (χ4v) is 7.85. The van der Waals surface area contributed by atoms with Gasteiger partial charge in [-0.3, -0.25) is 14.5 Å². The van der Waals surface area contributed by atoms with Crippen LogP contribution in [0.5, 0.6) is 0 Å². The smallest absolute Gasteiger partial charge is 0.416 e. The molecule has 4 aromatic rings. The Labute approximate surface area is 314 Å². The molecule has 6 rings (SSSR count). The molecular formula is C43H47F3N4O4. The van der Waals surface area contributed by atoms with Crippen LogP contribution in [0.3, 0.4) is 0 Å². The van der Waals surface area contributed by atoms with Gasteiger partial charge in [0.25, 0.3) is 0 Å². The van der Waals surface area contributed by atoms with E-state index in [2.05, 4.69) is 28.3 Å². The monoisotopic (exact) mass is 740 g/mol. The molecule has 2 unspecified atom stereocenters. The van der Waals surface area contributed by atoms with Crippen LogP contribution < -0.4 is 5.32 Å². The summed E-state index contributed by atoms with van der Waals surface area (Å²) in [6.07, 6.45) is 10.4. The van der Waals surface area contributed by atoms with Gasteiger partial charge < -0.3 is 15.5 Å². The topological polar surface area (TPSA) is 116 Å². The predicted molar refractivity (Wildman–Crippen MR) is 202 cm³/mol. The molecular weight excluding hydrogens is 693 g/mol. The Morgan fingerprint density at radius 2 is 1.59 bits per heavy atom. The number of anilines is 1. The third-order valence-electron chi connectivity index (χ3n) is 11.0. The van der Waals surface area contributed by atoms with Gasteiger partial charge in [0.05, 0.1) is 18.5 Å².